The summed E-state index contributed by atoms with van der Waals surface area (Å²) in [5.74, 6) is 0.689. The van der Waals surface area contributed by atoms with Crippen LogP contribution in [0, 0.1) is 0 Å². The van der Waals surface area contributed by atoms with Crippen molar-refractivity contribution in [3.05, 3.63) is 24.4 Å². The molecule has 0 unspecified atom stereocenters. The monoisotopic (exact) mass is 215 g/mol. The van der Waals surface area contributed by atoms with Gasteiger partial charge in [0.1, 0.15) is 5.75 Å². The number of H-pyrrole nitrogens is 1. The van der Waals surface area contributed by atoms with Crippen LogP contribution in [0.15, 0.2) is 24.4 Å². The number of aromatic amines is 1. The van der Waals surface area contributed by atoms with Crippen LogP contribution in [-0.4, -0.2) is 27.4 Å². The summed E-state index contributed by atoms with van der Waals surface area (Å²) in [5, 5.41) is 18.9. The van der Waals surface area contributed by atoms with Crippen molar-refractivity contribution in [3.63, 3.8) is 0 Å². The molecule has 5 nitrogen and oxygen atoms in total. The Hall–Kier alpha value is -2.30. The summed E-state index contributed by atoms with van der Waals surface area (Å²) in [6.07, 6.45) is 1.62. The number of methoxy groups -OCH3 is 1. The molecular weight excluding hydrogens is 206 g/mol. The average molecular weight is 215 g/mol. The SMILES string of the molecule is COc1n[nH]c2ncc3c(O)cccc3c12. The largest absolute Gasteiger partial charge is 0.507 e. The van der Waals surface area contributed by atoms with Gasteiger partial charge < -0.3 is 9.84 Å². The second-order valence-electron chi connectivity index (χ2n) is 3.45. The second-order valence-corrected chi connectivity index (χ2v) is 3.45. The number of fused-ring (bicyclic) bond motifs is 3. The molecule has 0 fully saturated rings. The van der Waals surface area contributed by atoms with Crippen LogP contribution in [0.5, 0.6) is 11.6 Å². The van der Waals surface area contributed by atoms with Crippen LogP contribution in [0.3, 0.4) is 0 Å². The van der Waals surface area contributed by atoms with Crippen LogP contribution in [-0.2, 0) is 0 Å². The highest BCUT2D eigenvalue weighted by molar-refractivity contribution is 6.08. The highest BCUT2D eigenvalue weighted by atomic mass is 16.5. The normalized spacial score (nSPS) is 11.1. The van der Waals surface area contributed by atoms with Crippen LogP contribution in [0.4, 0.5) is 0 Å². The van der Waals surface area contributed by atoms with Crippen LogP contribution < -0.4 is 4.74 Å². The Morgan fingerprint density at radius 3 is 3.00 bits per heavy atom. The first-order valence-corrected chi connectivity index (χ1v) is 4.80. The van der Waals surface area contributed by atoms with Gasteiger partial charge in [-0.15, -0.1) is 5.10 Å². The maximum atomic E-state index is 9.72. The fourth-order valence-corrected chi connectivity index (χ4v) is 1.84. The minimum atomic E-state index is 0.204. The van der Waals surface area contributed by atoms with Gasteiger partial charge in [-0.3, -0.25) is 5.10 Å². The molecule has 0 aliphatic carbocycles. The Balaban J connectivity index is 2.56. The lowest BCUT2D eigenvalue weighted by atomic mass is 10.1. The fourth-order valence-electron chi connectivity index (χ4n) is 1.84. The molecule has 0 aliphatic heterocycles. The smallest absolute Gasteiger partial charge is 0.242 e. The van der Waals surface area contributed by atoms with Gasteiger partial charge in [0.15, 0.2) is 5.65 Å². The Kier molecular flexibility index (Phi) is 1.73. The number of pyridine rings is 1. The Labute approximate surface area is 90.7 Å². The molecule has 0 radical (unpaired) electrons. The zero-order valence-electron chi connectivity index (χ0n) is 8.56. The third-order valence-electron chi connectivity index (χ3n) is 2.58. The van der Waals surface area contributed by atoms with E-state index in [1.165, 1.54) is 0 Å². The van der Waals surface area contributed by atoms with Gasteiger partial charge >= 0.3 is 0 Å². The van der Waals surface area contributed by atoms with Crippen LogP contribution >= 0.6 is 0 Å². The van der Waals surface area contributed by atoms with Crippen molar-refractivity contribution in [2.45, 2.75) is 0 Å². The predicted octanol–water partition coefficient (Wildman–Crippen LogP) is 1.83. The summed E-state index contributed by atoms with van der Waals surface area (Å²) >= 11 is 0. The van der Waals surface area contributed by atoms with Crippen molar-refractivity contribution in [2.24, 2.45) is 0 Å². The zero-order valence-corrected chi connectivity index (χ0v) is 8.56. The molecule has 0 amide bonds. The van der Waals surface area contributed by atoms with E-state index in [4.69, 9.17) is 4.74 Å². The number of rotatable bonds is 1. The summed E-state index contributed by atoms with van der Waals surface area (Å²) in [4.78, 5) is 4.18. The topological polar surface area (TPSA) is 71.0 Å². The van der Waals surface area contributed by atoms with Gasteiger partial charge in [-0.1, -0.05) is 12.1 Å². The summed E-state index contributed by atoms with van der Waals surface area (Å²) in [5.41, 5.74) is 0.648. The summed E-state index contributed by atoms with van der Waals surface area (Å²) < 4.78 is 5.15. The van der Waals surface area contributed by atoms with Gasteiger partial charge in [0.25, 0.3) is 0 Å². The Morgan fingerprint density at radius 2 is 2.19 bits per heavy atom. The standard InChI is InChI=1S/C11H9N3O2/c1-16-11-9-6-3-2-4-8(15)7(6)5-12-10(9)13-14-11/h2-5,15H,1H3,(H,12,13,14). The van der Waals surface area contributed by atoms with Crippen LogP contribution in [0.1, 0.15) is 0 Å². The van der Waals surface area contributed by atoms with E-state index in [2.05, 4.69) is 15.2 Å². The molecule has 3 rings (SSSR count). The molecule has 5 heteroatoms. The predicted molar refractivity (Wildman–Crippen MR) is 59.6 cm³/mol. The first-order chi connectivity index (χ1) is 7.81. The van der Waals surface area contributed by atoms with Gasteiger partial charge in [0, 0.05) is 17.0 Å². The van der Waals surface area contributed by atoms with E-state index >= 15 is 0 Å². The molecular formula is C11H9N3O2. The molecule has 16 heavy (non-hydrogen) atoms. The summed E-state index contributed by atoms with van der Waals surface area (Å²) in [7, 11) is 1.55. The number of phenols is 1. The number of aromatic hydroxyl groups is 1. The van der Waals surface area contributed by atoms with Crippen molar-refractivity contribution < 1.29 is 9.84 Å². The van der Waals surface area contributed by atoms with E-state index in [9.17, 15) is 5.11 Å². The van der Waals surface area contributed by atoms with E-state index in [1.807, 2.05) is 6.07 Å². The number of nitrogens with zero attached hydrogens (tertiary/aromatic N) is 2. The molecule has 3 aromatic rings. The van der Waals surface area contributed by atoms with Crippen molar-refractivity contribution >= 4 is 21.8 Å². The first-order valence-electron chi connectivity index (χ1n) is 4.80. The fraction of sp³-hybridized carbons (Fsp3) is 0.0909. The summed E-state index contributed by atoms with van der Waals surface area (Å²) in [6, 6.07) is 5.31. The van der Waals surface area contributed by atoms with Crippen molar-refractivity contribution in [1.82, 2.24) is 15.2 Å². The minimum Gasteiger partial charge on any atom is -0.507 e. The highest BCUT2D eigenvalue weighted by Gasteiger charge is 2.12. The molecule has 0 saturated carbocycles. The van der Waals surface area contributed by atoms with Gasteiger partial charge in [-0.2, -0.15) is 0 Å². The average Bonchev–Trinajstić information content (AvgIpc) is 2.72. The first kappa shape index (κ1) is 8.96. The molecule has 0 aliphatic rings. The number of nitrogens with one attached hydrogen (secondary N) is 1. The zero-order chi connectivity index (χ0) is 11.1. The molecule has 0 atom stereocenters. The Bertz CT molecular complexity index is 675. The molecule has 2 heterocycles. The molecule has 80 valence electrons. The lowest BCUT2D eigenvalue weighted by Crippen LogP contribution is -1.84. The van der Waals surface area contributed by atoms with Gasteiger partial charge in [-0.25, -0.2) is 4.98 Å². The van der Waals surface area contributed by atoms with E-state index in [0.717, 1.165) is 10.8 Å². The van der Waals surface area contributed by atoms with Crippen molar-refractivity contribution in [1.29, 1.82) is 0 Å². The molecule has 2 N–H and O–H groups in total. The summed E-state index contributed by atoms with van der Waals surface area (Å²) in [6.45, 7) is 0. The number of phenolic OH excluding ortho intramolecular Hbond substituents is 1. The third-order valence-corrected chi connectivity index (χ3v) is 2.58. The quantitative estimate of drug-likeness (QED) is 0.649. The highest BCUT2D eigenvalue weighted by Crippen LogP contribution is 2.32. The molecule has 2 aromatic heterocycles. The minimum absolute atomic E-state index is 0.204. The number of hydrogen-bond acceptors (Lipinski definition) is 4. The van der Waals surface area contributed by atoms with E-state index < -0.39 is 0 Å². The van der Waals surface area contributed by atoms with E-state index in [0.29, 0.717) is 16.9 Å². The molecule has 0 saturated heterocycles. The number of benzene rings is 1. The number of hydrogen-bond donors (Lipinski definition) is 2. The number of aromatic nitrogens is 3. The third kappa shape index (κ3) is 1.05. The maximum absolute atomic E-state index is 9.72. The van der Waals surface area contributed by atoms with Crippen LogP contribution in [0.25, 0.3) is 21.8 Å². The lowest BCUT2D eigenvalue weighted by molar-refractivity contribution is 0.401. The lowest BCUT2D eigenvalue weighted by Gasteiger charge is -2.01. The second kappa shape index (κ2) is 3.10. The molecule has 0 bridgehead atoms. The van der Waals surface area contributed by atoms with Gasteiger partial charge in [-0.05, 0) is 6.07 Å². The van der Waals surface area contributed by atoms with E-state index in [1.54, 1.807) is 25.4 Å². The van der Waals surface area contributed by atoms with Crippen LogP contribution in [0.2, 0.25) is 0 Å². The van der Waals surface area contributed by atoms with Crippen molar-refractivity contribution in [2.75, 3.05) is 7.11 Å². The van der Waals surface area contributed by atoms with Gasteiger partial charge in [0.05, 0.1) is 12.5 Å². The molecule has 0 spiro atoms. The van der Waals surface area contributed by atoms with Crippen molar-refractivity contribution in [3.8, 4) is 11.6 Å². The number of ether oxygens (including phenoxy) is 1. The Morgan fingerprint density at radius 1 is 1.31 bits per heavy atom. The van der Waals surface area contributed by atoms with E-state index in [-0.39, 0.29) is 5.75 Å². The maximum Gasteiger partial charge on any atom is 0.242 e. The van der Waals surface area contributed by atoms with Gasteiger partial charge in [0.2, 0.25) is 5.88 Å². The molecule has 1 aromatic carbocycles.